The molecule has 0 saturated carbocycles. The van der Waals surface area contributed by atoms with E-state index in [1.165, 1.54) is 0 Å². The average molecular weight is 281 g/mol. The number of Topliss-reactive ketones (excluding diaryl/α,β-unsaturated/α-hetero) is 1. The third kappa shape index (κ3) is 5.06. The van der Waals surface area contributed by atoms with Gasteiger partial charge < -0.3 is 0 Å². The van der Waals surface area contributed by atoms with E-state index >= 15 is 0 Å². The molecule has 0 aliphatic heterocycles. The molecule has 1 aromatic heterocycles. The molecule has 0 unspecified atom stereocenters. The second-order valence-electron chi connectivity index (χ2n) is 6.29. The van der Waals surface area contributed by atoms with Crippen molar-refractivity contribution in [3.63, 3.8) is 0 Å². The summed E-state index contributed by atoms with van der Waals surface area (Å²) in [4.78, 5) is 16.9. The summed E-state index contributed by atoms with van der Waals surface area (Å²) < 4.78 is 0. The minimum Gasteiger partial charge on any atom is -0.299 e. The Morgan fingerprint density at radius 2 is 1.84 bits per heavy atom. The fourth-order valence-electron chi connectivity index (χ4n) is 2.19. The summed E-state index contributed by atoms with van der Waals surface area (Å²) in [6.07, 6.45) is 4.73. The highest BCUT2D eigenvalue weighted by Crippen LogP contribution is 2.25. The van der Waals surface area contributed by atoms with Gasteiger partial charge in [-0.25, -0.2) is 4.98 Å². The fourth-order valence-corrected chi connectivity index (χ4v) is 3.22. The number of aromatic nitrogens is 1. The monoisotopic (exact) mass is 281 g/mol. The van der Waals surface area contributed by atoms with Crippen molar-refractivity contribution in [2.24, 2.45) is 5.92 Å². The van der Waals surface area contributed by atoms with E-state index in [0.717, 1.165) is 36.4 Å². The van der Waals surface area contributed by atoms with Crippen molar-refractivity contribution in [1.29, 1.82) is 0 Å². The molecule has 1 heterocycles. The molecule has 0 saturated heterocycles. The number of carbonyl (C=O) groups excluding carboxylic acids is 1. The van der Waals surface area contributed by atoms with Gasteiger partial charge in [0.15, 0.2) is 0 Å². The molecular weight excluding hydrogens is 254 g/mol. The molecule has 0 N–H and O–H groups in total. The Labute approximate surface area is 121 Å². The first-order valence-corrected chi connectivity index (χ1v) is 8.24. The van der Waals surface area contributed by atoms with Crippen LogP contribution in [0.4, 0.5) is 0 Å². The van der Waals surface area contributed by atoms with E-state index in [1.807, 2.05) is 0 Å². The molecule has 1 aromatic rings. The zero-order chi connectivity index (χ0) is 14.5. The lowest BCUT2D eigenvalue weighted by atomic mass is 9.92. The van der Waals surface area contributed by atoms with Crippen molar-refractivity contribution in [1.82, 2.24) is 4.98 Å². The Bertz CT molecular complexity index is 397. The van der Waals surface area contributed by atoms with Crippen molar-refractivity contribution in [2.45, 2.75) is 72.1 Å². The second kappa shape index (κ2) is 7.18. The average Bonchev–Trinajstić information content (AvgIpc) is 2.77. The number of hydrogen-bond acceptors (Lipinski definition) is 3. The molecule has 0 atom stereocenters. The first kappa shape index (κ1) is 16.4. The minimum atomic E-state index is 0.0734. The van der Waals surface area contributed by atoms with Crippen LogP contribution in [0.15, 0.2) is 5.38 Å². The largest absolute Gasteiger partial charge is 0.299 e. The number of carbonyl (C=O) groups is 1. The maximum atomic E-state index is 12.3. The molecule has 0 spiro atoms. The van der Waals surface area contributed by atoms with Gasteiger partial charge >= 0.3 is 0 Å². The van der Waals surface area contributed by atoms with E-state index in [1.54, 1.807) is 11.3 Å². The lowest BCUT2D eigenvalue weighted by molar-refractivity contribution is -0.122. The third-order valence-corrected chi connectivity index (χ3v) is 4.22. The summed E-state index contributed by atoms with van der Waals surface area (Å²) in [7, 11) is 0. The molecule has 1 rings (SSSR count). The summed E-state index contributed by atoms with van der Waals surface area (Å²) in [6.45, 7) is 10.8. The van der Waals surface area contributed by atoms with Crippen LogP contribution in [0.5, 0.6) is 0 Å². The number of hydrogen-bond donors (Lipinski definition) is 0. The number of nitrogens with zero attached hydrogens (tertiary/aromatic N) is 1. The second-order valence-corrected chi connectivity index (χ2v) is 7.24. The van der Waals surface area contributed by atoms with Crippen molar-refractivity contribution < 1.29 is 4.79 Å². The third-order valence-electron chi connectivity index (χ3n) is 3.38. The number of rotatable bonds is 7. The molecular formula is C16H27NOS. The lowest BCUT2D eigenvalue weighted by Gasteiger charge is -2.14. The highest BCUT2D eigenvalue weighted by molar-refractivity contribution is 7.09. The number of thiazole rings is 1. The summed E-state index contributed by atoms with van der Waals surface area (Å²) >= 11 is 1.63. The van der Waals surface area contributed by atoms with Crippen molar-refractivity contribution in [3.8, 4) is 0 Å². The molecule has 3 heteroatoms. The smallest absolute Gasteiger partial charge is 0.142 e. The molecule has 0 bridgehead atoms. The molecule has 0 aliphatic carbocycles. The predicted octanol–water partition coefficient (Wildman–Crippen LogP) is 4.77. The van der Waals surface area contributed by atoms with Crippen LogP contribution >= 0.6 is 11.3 Å². The maximum absolute atomic E-state index is 12.3. The predicted molar refractivity (Wildman–Crippen MR) is 82.8 cm³/mol. The lowest BCUT2D eigenvalue weighted by Crippen LogP contribution is -2.17. The molecule has 0 radical (unpaired) electrons. The molecule has 19 heavy (non-hydrogen) atoms. The van der Waals surface area contributed by atoms with E-state index in [2.05, 4.69) is 45.0 Å². The first-order chi connectivity index (χ1) is 8.88. The Balaban J connectivity index is 2.67. The van der Waals surface area contributed by atoms with Crippen LogP contribution in [0, 0.1) is 5.92 Å². The van der Waals surface area contributed by atoms with Gasteiger partial charge in [0, 0.05) is 16.7 Å². The van der Waals surface area contributed by atoms with Crippen LogP contribution in [-0.2, 0) is 16.6 Å². The van der Waals surface area contributed by atoms with Gasteiger partial charge in [0.25, 0.3) is 0 Å². The SMILES string of the molecule is CCCC(CCC)C(=O)Cc1nc(C(C)(C)C)cs1. The van der Waals surface area contributed by atoms with E-state index < -0.39 is 0 Å². The molecule has 0 amide bonds. The van der Waals surface area contributed by atoms with Gasteiger partial charge in [-0.2, -0.15) is 0 Å². The summed E-state index contributed by atoms with van der Waals surface area (Å²) in [6, 6.07) is 0. The molecule has 108 valence electrons. The Morgan fingerprint density at radius 3 is 2.26 bits per heavy atom. The van der Waals surface area contributed by atoms with E-state index in [9.17, 15) is 4.79 Å². The standard InChI is InChI=1S/C16H27NOS/c1-6-8-12(9-7-2)13(18)10-15-17-14(11-19-15)16(3,4)5/h11-12H,6-10H2,1-5H3. The van der Waals surface area contributed by atoms with Crippen molar-refractivity contribution >= 4 is 17.1 Å². The quantitative estimate of drug-likeness (QED) is 0.720. The van der Waals surface area contributed by atoms with E-state index in [-0.39, 0.29) is 11.3 Å². The van der Waals surface area contributed by atoms with Crippen molar-refractivity contribution in [2.75, 3.05) is 0 Å². The van der Waals surface area contributed by atoms with Crippen LogP contribution in [0.2, 0.25) is 0 Å². The van der Waals surface area contributed by atoms with Crippen LogP contribution in [0.1, 0.15) is 71.0 Å². The molecule has 0 aromatic carbocycles. The zero-order valence-corrected chi connectivity index (χ0v) is 13.8. The highest BCUT2D eigenvalue weighted by atomic mass is 32.1. The van der Waals surface area contributed by atoms with Gasteiger partial charge in [0.2, 0.25) is 0 Å². The van der Waals surface area contributed by atoms with Gasteiger partial charge in [0.05, 0.1) is 12.1 Å². The topological polar surface area (TPSA) is 30.0 Å². The van der Waals surface area contributed by atoms with Gasteiger partial charge in [-0.05, 0) is 12.8 Å². The highest BCUT2D eigenvalue weighted by Gasteiger charge is 2.21. The van der Waals surface area contributed by atoms with Crippen LogP contribution in [0.3, 0.4) is 0 Å². The molecule has 0 fully saturated rings. The van der Waals surface area contributed by atoms with Crippen molar-refractivity contribution in [3.05, 3.63) is 16.1 Å². The summed E-state index contributed by atoms with van der Waals surface area (Å²) in [5, 5.41) is 3.07. The van der Waals surface area contributed by atoms with Gasteiger partial charge in [-0.15, -0.1) is 11.3 Å². The Hall–Kier alpha value is -0.700. The number of ketones is 1. The zero-order valence-electron chi connectivity index (χ0n) is 13.0. The van der Waals surface area contributed by atoms with Crippen LogP contribution in [0.25, 0.3) is 0 Å². The fraction of sp³-hybridized carbons (Fsp3) is 0.750. The van der Waals surface area contributed by atoms with Gasteiger partial charge in [-0.1, -0.05) is 47.5 Å². The normalized spacial score (nSPS) is 12.1. The molecule has 2 nitrogen and oxygen atoms in total. The summed E-state index contributed by atoms with van der Waals surface area (Å²) in [5.41, 5.74) is 1.17. The van der Waals surface area contributed by atoms with Crippen LogP contribution < -0.4 is 0 Å². The Kier molecular flexibility index (Phi) is 6.18. The maximum Gasteiger partial charge on any atom is 0.142 e. The summed E-state index contributed by atoms with van der Waals surface area (Å²) in [5.74, 6) is 0.607. The minimum absolute atomic E-state index is 0.0734. The van der Waals surface area contributed by atoms with Gasteiger partial charge in [0.1, 0.15) is 10.8 Å². The first-order valence-electron chi connectivity index (χ1n) is 7.36. The molecule has 0 aliphatic rings. The van der Waals surface area contributed by atoms with E-state index in [4.69, 9.17) is 0 Å². The van der Waals surface area contributed by atoms with Gasteiger partial charge in [-0.3, -0.25) is 4.79 Å². The van der Waals surface area contributed by atoms with Crippen LogP contribution in [-0.4, -0.2) is 10.8 Å². The van der Waals surface area contributed by atoms with E-state index in [0.29, 0.717) is 12.2 Å². The Morgan fingerprint density at radius 1 is 1.26 bits per heavy atom.